The van der Waals surface area contributed by atoms with Crippen LogP contribution in [-0.2, 0) is 0 Å². The van der Waals surface area contributed by atoms with Crippen LogP contribution in [0.2, 0.25) is 0 Å². The van der Waals surface area contributed by atoms with Gasteiger partial charge in [0.25, 0.3) is 0 Å². The monoisotopic (exact) mass is 253 g/mol. The summed E-state index contributed by atoms with van der Waals surface area (Å²) in [5, 5.41) is 12.9. The number of nitrogens with one attached hydrogen (secondary N) is 1. The van der Waals surface area contributed by atoms with Crippen molar-refractivity contribution in [3.63, 3.8) is 0 Å². The fourth-order valence-corrected chi connectivity index (χ4v) is 2.81. The van der Waals surface area contributed by atoms with Gasteiger partial charge in [-0.25, -0.2) is 0 Å². The van der Waals surface area contributed by atoms with Gasteiger partial charge in [0.05, 0.1) is 6.61 Å². The first kappa shape index (κ1) is 14.6. The molecular weight excluding hydrogens is 230 g/mol. The van der Waals surface area contributed by atoms with Crippen LogP contribution in [0, 0.1) is 6.92 Å². The Balaban J connectivity index is 2.73. The molecule has 2 atom stereocenters. The van der Waals surface area contributed by atoms with E-state index in [0.29, 0.717) is 11.3 Å². The van der Waals surface area contributed by atoms with Gasteiger partial charge in [0.1, 0.15) is 0 Å². The highest BCUT2D eigenvalue weighted by molar-refractivity contribution is 7.99. The molecule has 0 amide bonds. The van der Waals surface area contributed by atoms with Crippen molar-refractivity contribution in [2.45, 2.75) is 32.1 Å². The summed E-state index contributed by atoms with van der Waals surface area (Å²) in [6.45, 7) is 7.67. The third-order valence-electron chi connectivity index (χ3n) is 2.80. The summed E-state index contributed by atoms with van der Waals surface area (Å²) < 4.78 is 0. The highest BCUT2D eigenvalue weighted by Gasteiger charge is 2.18. The number of hydrogen-bond donors (Lipinski definition) is 2. The van der Waals surface area contributed by atoms with Crippen molar-refractivity contribution < 1.29 is 5.11 Å². The van der Waals surface area contributed by atoms with E-state index in [1.54, 1.807) is 0 Å². The molecule has 2 N–H and O–H groups in total. The fraction of sp³-hybridized carbons (Fsp3) is 0.571. The molecule has 3 heteroatoms. The summed E-state index contributed by atoms with van der Waals surface area (Å²) in [5.41, 5.74) is 2.62. The van der Waals surface area contributed by atoms with Crippen LogP contribution in [0.25, 0.3) is 0 Å². The zero-order valence-electron chi connectivity index (χ0n) is 10.9. The van der Waals surface area contributed by atoms with Crippen molar-refractivity contribution >= 4 is 11.8 Å². The Morgan fingerprint density at radius 1 is 1.29 bits per heavy atom. The minimum Gasteiger partial charge on any atom is -0.396 e. The number of aryl methyl sites for hydroxylation is 1. The lowest BCUT2D eigenvalue weighted by atomic mass is 10.0. The van der Waals surface area contributed by atoms with Gasteiger partial charge in [-0.3, -0.25) is 0 Å². The Labute approximate surface area is 109 Å². The largest absolute Gasteiger partial charge is 0.396 e. The van der Waals surface area contributed by atoms with Crippen LogP contribution in [0.3, 0.4) is 0 Å². The molecule has 2 unspecified atom stereocenters. The smallest absolute Gasteiger partial charge is 0.0521 e. The summed E-state index contributed by atoms with van der Waals surface area (Å²) >= 11 is 1.81. The van der Waals surface area contributed by atoms with E-state index < -0.39 is 0 Å². The van der Waals surface area contributed by atoms with Gasteiger partial charge in [-0.15, -0.1) is 0 Å². The van der Waals surface area contributed by atoms with Gasteiger partial charge >= 0.3 is 0 Å². The van der Waals surface area contributed by atoms with Gasteiger partial charge in [-0.1, -0.05) is 43.7 Å². The topological polar surface area (TPSA) is 32.3 Å². The molecule has 1 rings (SSSR count). The Bertz CT molecular complexity index is 313. The Kier molecular flexibility index (Phi) is 6.63. The van der Waals surface area contributed by atoms with E-state index in [4.69, 9.17) is 5.11 Å². The second-order valence-electron chi connectivity index (χ2n) is 4.25. The molecular formula is C14H23NOS. The number of hydrogen-bond acceptors (Lipinski definition) is 3. The first-order valence-corrected chi connectivity index (χ1v) is 7.26. The lowest BCUT2D eigenvalue weighted by molar-refractivity contribution is 0.322. The normalized spacial score (nSPS) is 14.6. The van der Waals surface area contributed by atoms with E-state index >= 15 is 0 Å². The van der Waals surface area contributed by atoms with E-state index in [-0.39, 0.29) is 6.61 Å². The number of thioether (sulfide) groups is 1. The Morgan fingerprint density at radius 3 is 2.47 bits per heavy atom. The van der Waals surface area contributed by atoms with Crippen LogP contribution in [0.15, 0.2) is 24.3 Å². The third-order valence-corrected chi connectivity index (χ3v) is 4.02. The summed E-state index contributed by atoms with van der Waals surface area (Å²) in [6, 6.07) is 9.06. The average Bonchev–Trinajstić information content (AvgIpc) is 2.34. The van der Waals surface area contributed by atoms with Gasteiger partial charge in [-0.2, -0.15) is 11.8 Å². The van der Waals surface area contributed by atoms with Gasteiger partial charge in [0.15, 0.2) is 0 Å². The molecule has 0 aliphatic carbocycles. The molecule has 1 aromatic rings. The lowest BCUT2D eigenvalue weighted by Crippen LogP contribution is -2.28. The molecule has 0 fully saturated rings. The van der Waals surface area contributed by atoms with E-state index in [0.717, 1.165) is 12.3 Å². The van der Waals surface area contributed by atoms with Crippen molar-refractivity contribution in [2.24, 2.45) is 0 Å². The summed E-state index contributed by atoms with van der Waals surface area (Å²) in [4.78, 5) is 0. The number of aliphatic hydroxyl groups is 1. The molecule has 0 aliphatic rings. The standard InChI is InChI=1S/C14H23NOS/c1-4-15-14(12(3)17-10-9-16)13-7-5-11(2)6-8-13/h5-8,12,14-16H,4,9-10H2,1-3H3. The molecule has 0 heterocycles. The molecule has 0 bridgehead atoms. The number of aliphatic hydroxyl groups excluding tert-OH is 1. The first-order chi connectivity index (χ1) is 8.19. The number of rotatable bonds is 7. The average molecular weight is 253 g/mol. The third kappa shape index (κ3) is 4.70. The number of benzene rings is 1. The van der Waals surface area contributed by atoms with Crippen LogP contribution in [0.4, 0.5) is 0 Å². The molecule has 0 aliphatic heterocycles. The molecule has 17 heavy (non-hydrogen) atoms. The predicted octanol–water partition coefficient (Wildman–Crippen LogP) is 2.76. The zero-order chi connectivity index (χ0) is 12.7. The Hall–Kier alpha value is -0.510. The maximum atomic E-state index is 8.89. The van der Waals surface area contributed by atoms with Gasteiger partial charge in [-0.05, 0) is 19.0 Å². The molecule has 0 aromatic heterocycles. The van der Waals surface area contributed by atoms with E-state index in [9.17, 15) is 0 Å². The van der Waals surface area contributed by atoms with E-state index in [2.05, 4.69) is 50.4 Å². The molecule has 96 valence electrons. The van der Waals surface area contributed by atoms with Crippen LogP contribution >= 0.6 is 11.8 Å². The van der Waals surface area contributed by atoms with E-state index in [1.807, 2.05) is 11.8 Å². The van der Waals surface area contributed by atoms with Crippen molar-refractivity contribution in [3.05, 3.63) is 35.4 Å². The molecule has 0 radical (unpaired) electrons. The predicted molar refractivity (Wildman–Crippen MR) is 76.6 cm³/mol. The van der Waals surface area contributed by atoms with Crippen LogP contribution < -0.4 is 5.32 Å². The zero-order valence-corrected chi connectivity index (χ0v) is 11.8. The second-order valence-corrected chi connectivity index (χ2v) is 5.73. The highest BCUT2D eigenvalue weighted by Crippen LogP contribution is 2.26. The van der Waals surface area contributed by atoms with Crippen LogP contribution in [-0.4, -0.2) is 29.3 Å². The van der Waals surface area contributed by atoms with E-state index in [1.165, 1.54) is 11.1 Å². The molecule has 0 spiro atoms. The molecule has 0 saturated carbocycles. The van der Waals surface area contributed by atoms with Gasteiger partial charge < -0.3 is 10.4 Å². The second kappa shape index (κ2) is 7.75. The van der Waals surface area contributed by atoms with Crippen molar-refractivity contribution in [3.8, 4) is 0 Å². The van der Waals surface area contributed by atoms with Crippen LogP contribution in [0.1, 0.15) is 31.0 Å². The Morgan fingerprint density at radius 2 is 1.94 bits per heavy atom. The summed E-state index contributed by atoms with van der Waals surface area (Å²) in [5.74, 6) is 0.801. The SMILES string of the molecule is CCNC(c1ccc(C)cc1)C(C)SCCO. The van der Waals surface area contributed by atoms with Crippen molar-refractivity contribution in [1.82, 2.24) is 5.32 Å². The molecule has 1 aromatic carbocycles. The van der Waals surface area contributed by atoms with Crippen molar-refractivity contribution in [1.29, 1.82) is 0 Å². The molecule has 0 saturated heterocycles. The maximum Gasteiger partial charge on any atom is 0.0521 e. The van der Waals surface area contributed by atoms with Crippen LogP contribution in [0.5, 0.6) is 0 Å². The maximum absolute atomic E-state index is 8.89. The first-order valence-electron chi connectivity index (χ1n) is 6.21. The minimum absolute atomic E-state index is 0.252. The summed E-state index contributed by atoms with van der Waals surface area (Å²) in [7, 11) is 0. The summed E-state index contributed by atoms with van der Waals surface area (Å²) in [6.07, 6.45) is 0. The van der Waals surface area contributed by atoms with Crippen molar-refractivity contribution in [2.75, 3.05) is 18.9 Å². The fourth-order valence-electron chi connectivity index (χ4n) is 1.88. The highest BCUT2D eigenvalue weighted by atomic mass is 32.2. The van der Waals surface area contributed by atoms with Gasteiger partial charge in [0, 0.05) is 17.0 Å². The van der Waals surface area contributed by atoms with Gasteiger partial charge in [0.2, 0.25) is 0 Å². The quantitative estimate of drug-likeness (QED) is 0.784. The molecule has 2 nitrogen and oxygen atoms in total. The lowest BCUT2D eigenvalue weighted by Gasteiger charge is -2.25. The minimum atomic E-state index is 0.252.